The van der Waals surface area contributed by atoms with Crippen molar-refractivity contribution in [2.24, 2.45) is 5.41 Å². The van der Waals surface area contributed by atoms with Crippen LogP contribution in [0.4, 0.5) is 0 Å². The lowest BCUT2D eigenvalue weighted by Gasteiger charge is -2.36. The predicted molar refractivity (Wildman–Crippen MR) is 43.6 cm³/mol. The third-order valence-electron chi connectivity index (χ3n) is 2.46. The van der Waals surface area contributed by atoms with E-state index in [9.17, 15) is 9.59 Å². The Balaban J connectivity index is 2.57. The molecule has 0 saturated heterocycles. The van der Waals surface area contributed by atoms with Gasteiger partial charge in [0, 0.05) is 12.8 Å². The zero-order valence-corrected chi connectivity index (χ0v) is 7.55. The Bertz CT molecular complexity index is 200. The number of esters is 1. The van der Waals surface area contributed by atoms with E-state index in [1.54, 1.807) is 6.92 Å². The van der Waals surface area contributed by atoms with Gasteiger partial charge < -0.3 is 4.74 Å². The molecule has 0 radical (unpaired) electrons. The molecule has 0 atom stereocenters. The predicted octanol–water partition coefficient (Wildman–Crippen LogP) is 1.31. The molecular weight excluding hydrogens is 156 g/mol. The highest BCUT2D eigenvalue weighted by atomic mass is 16.5. The number of carbonyl (C=O) groups is 2. The molecule has 0 heterocycles. The fourth-order valence-corrected chi connectivity index (χ4v) is 1.53. The van der Waals surface area contributed by atoms with Gasteiger partial charge in [-0.25, -0.2) is 0 Å². The Morgan fingerprint density at radius 3 is 2.42 bits per heavy atom. The minimum Gasteiger partial charge on any atom is -0.466 e. The Morgan fingerprint density at radius 2 is 2.08 bits per heavy atom. The molecule has 0 N–H and O–H groups in total. The molecule has 1 rings (SSSR count). The van der Waals surface area contributed by atoms with Gasteiger partial charge in [0.25, 0.3) is 0 Å². The number of ketones is 1. The molecule has 3 nitrogen and oxygen atoms in total. The summed E-state index contributed by atoms with van der Waals surface area (Å²) in [7, 11) is 0. The summed E-state index contributed by atoms with van der Waals surface area (Å²) in [4.78, 5) is 22.1. The average molecular weight is 170 g/mol. The van der Waals surface area contributed by atoms with Crippen molar-refractivity contribution in [3.05, 3.63) is 0 Å². The number of hydrogen-bond acceptors (Lipinski definition) is 3. The van der Waals surface area contributed by atoms with Crippen LogP contribution >= 0.6 is 0 Å². The number of rotatable bonds is 3. The average Bonchev–Trinajstić information content (AvgIpc) is 1.98. The molecule has 0 unspecified atom stereocenters. The van der Waals surface area contributed by atoms with Crippen molar-refractivity contribution in [2.75, 3.05) is 6.61 Å². The van der Waals surface area contributed by atoms with Crippen molar-refractivity contribution in [1.29, 1.82) is 0 Å². The molecule has 0 aromatic heterocycles. The van der Waals surface area contributed by atoms with E-state index in [2.05, 4.69) is 0 Å². The van der Waals surface area contributed by atoms with E-state index in [0.29, 0.717) is 25.9 Å². The number of carbonyl (C=O) groups excluding carboxylic acids is 2. The summed E-state index contributed by atoms with van der Waals surface area (Å²) in [5.74, 6) is -0.0306. The second-order valence-electron chi connectivity index (χ2n) is 3.25. The number of hydrogen-bond donors (Lipinski definition) is 0. The molecule has 0 aromatic rings. The molecule has 1 saturated carbocycles. The van der Waals surface area contributed by atoms with Crippen LogP contribution in [0.15, 0.2) is 0 Å². The Morgan fingerprint density at radius 1 is 1.50 bits per heavy atom. The number of Topliss-reactive ketones (excluding diaryl/α,β-unsaturated/α-hetero) is 1. The first-order valence-electron chi connectivity index (χ1n) is 4.33. The molecule has 1 aliphatic rings. The highest BCUT2D eigenvalue weighted by Crippen LogP contribution is 2.42. The monoisotopic (exact) mass is 170 g/mol. The third-order valence-corrected chi connectivity index (χ3v) is 2.46. The Kier molecular flexibility index (Phi) is 2.50. The highest BCUT2D eigenvalue weighted by molar-refractivity contribution is 5.97. The second kappa shape index (κ2) is 3.25. The summed E-state index contributed by atoms with van der Waals surface area (Å²) in [5.41, 5.74) is -0.465. The molecule has 12 heavy (non-hydrogen) atoms. The van der Waals surface area contributed by atoms with Gasteiger partial charge in [-0.1, -0.05) is 6.92 Å². The van der Waals surface area contributed by atoms with Gasteiger partial charge in [0.1, 0.15) is 5.78 Å². The van der Waals surface area contributed by atoms with Gasteiger partial charge in [-0.15, -0.1) is 0 Å². The molecule has 0 bridgehead atoms. The van der Waals surface area contributed by atoms with Gasteiger partial charge in [0.2, 0.25) is 0 Å². The largest absolute Gasteiger partial charge is 0.466 e. The third kappa shape index (κ3) is 1.36. The van der Waals surface area contributed by atoms with Crippen LogP contribution in [0.3, 0.4) is 0 Å². The van der Waals surface area contributed by atoms with Crippen LogP contribution in [0.1, 0.15) is 33.1 Å². The van der Waals surface area contributed by atoms with Gasteiger partial charge in [-0.3, -0.25) is 9.59 Å². The highest BCUT2D eigenvalue weighted by Gasteiger charge is 2.49. The standard InChI is InChI=1S/C9H14O3/c1-3-9(5-7(10)6-9)8(11)12-4-2/h3-6H2,1-2H3. The molecule has 0 amide bonds. The molecular formula is C9H14O3. The van der Waals surface area contributed by atoms with Gasteiger partial charge in [-0.2, -0.15) is 0 Å². The lowest BCUT2D eigenvalue weighted by molar-refractivity contribution is -0.166. The van der Waals surface area contributed by atoms with E-state index >= 15 is 0 Å². The normalized spacial score (nSPS) is 20.0. The molecule has 1 fully saturated rings. The van der Waals surface area contributed by atoms with Crippen LogP contribution in [0.5, 0.6) is 0 Å². The number of ether oxygens (including phenoxy) is 1. The van der Waals surface area contributed by atoms with E-state index in [-0.39, 0.29) is 11.8 Å². The smallest absolute Gasteiger partial charge is 0.312 e. The first-order valence-corrected chi connectivity index (χ1v) is 4.33. The summed E-state index contributed by atoms with van der Waals surface area (Å²) >= 11 is 0. The van der Waals surface area contributed by atoms with Gasteiger partial charge in [-0.05, 0) is 13.3 Å². The van der Waals surface area contributed by atoms with Crippen molar-refractivity contribution in [2.45, 2.75) is 33.1 Å². The summed E-state index contributed by atoms with van der Waals surface area (Å²) in [5, 5.41) is 0. The van der Waals surface area contributed by atoms with E-state index < -0.39 is 5.41 Å². The van der Waals surface area contributed by atoms with Crippen molar-refractivity contribution in [3.8, 4) is 0 Å². The lowest BCUT2D eigenvalue weighted by Crippen LogP contribution is -2.44. The van der Waals surface area contributed by atoms with E-state index in [1.165, 1.54) is 0 Å². The molecule has 0 aromatic carbocycles. The molecule has 0 aliphatic heterocycles. The summed E-state index contributed by atoms with van der Waals surface area (Å²) in [6, 6.07) is 0. The maximum absolute atomic E-state index is 11.3. The van der Waals surface area contributed by atoms with Crippen LogP contribution in [-0.2, 0) is 14.3 Å². The minimum atomic E-state index is -0.465. The first kappa shape index (κ1) is 9.23. The summed E-state index contributed by atoms with van der Waals surface area (Å²) in [6.45, 7) is 4.10. The van der Waals surface area contributed by atoms with Crippen LogP contribution in [0.25, 0.3) is 0 Å². The lowest BCUT2D eigenvalue weighted by atomic mass is 9.66. The topological polar surface area (TPSA) is 43.4 Å². The van der Waals surface area contributed by atoms with Gasteiger partial charge in [0.15, 0.2) is 0 Å². The minimum absolute atomic E-state index is 0.171. The SMILES string of the molecule is CCOC(=O)C1(CC)CC(=O)C1. The Hall–Kier alpha value is -0.860. The van der Waals surface area contributed by atoms with Crippen molar-refractivity contribution in [3.63, 3.8) is 0 Å². The maximum Gasteiger partial charge on any atom is 0.312 e. The zero-order valence-electron chi connectivity index (χ0n) is 7.55. The molecule has 3 heteroatoms. The van der Waals surface area contributed by atoms with Crippen LogP contribution in [-0.4, -0.2) is 18.4 Å². The van der Waals surface area contributed by atoms with Crippen molar-refractivity contribution in [1.82, 2.24) is 0 Å². The fourth-order valence-electron chi connectivity index (χ4n) is 1.53. The summed E-state index contributed by atoms with van der Waals surface area (Å²) < 4.78 is 4.90. The summed E-state index contributed by atoms with van der Waals surface area (Å²) in [6.07, 6.45) is 1.46. The van der Waals surface area contributed by atoms with E-state index in [4.69, 9.17) is 4.74 Å². The van der Waals surface area contributed by atoms with Gasteiger partial charge in [0.05, 0.1) is 12.0 Å². The van der Waals surface area contributed by atoms with Crippen molar-refractivity contribution >= 4 is 11.8 Å². The van der Waals surface area contributed by atoms with Crippen LogP contribution in [0, 0.1) is 5.41 Å². The molecule has 1 aliphatic carbocycles. The fraction of sp³-hybridized carbons (Fsp3) is 0.778. The maximum atomic E-state index is 11.3. The van der Waals surface area contributed by atoms with Gasteiger partial charge >= 0.3 is 5.97 Å². The van der Waals surface area contributed by atoms with E-state index in [1.807, 2.05) is 6.92 Å². The first-order chi connectivity index (χ1) is 5.64. The zero-order chi connectivity index (χ0) is 9.19. The molecule has 68 valence electrons. The second-order valence-corrected chi connectivity index (χ2v) is 3.25. The quantitative estimate of drug-likeness (QED) is 0.600. The van der Waals surface area contributed by atoms with Crippen molar-refractivity contribution < 1.29 is 14.3 Å². The van der Waals surface area contributed by atoms with E-state index in [0.717, 1.165) is 0 Å². The van der Waals surface area contributed by atoms with Crippen LogP contribution < -0.4 is 0 Å². The molecule has 0 spiro atoms. The Labute approximate surface area is 72.1 Å². The van der Waals surface area contributed by atoms with Crippen LogP contribution in [0.2, 0.25) is 0 Å².